The lowest BCUT2D eigenvalue weighted by Gasteiger charge is -2.23. The van der Waals surface area contributed by atoms with Gasteiger partial charge in [-0.3, -0.25) is 0 Å². The van der Waals surface area contributed by atoms with Crippen LogP contribution in [0.1, 0.15) is 87.2 Å². The van der Waals surface area contributed by atoms with Gasteiger partial charge in [0.05, 0.1) is 0 Å². The van der Waals surface area contributed by atoms with E-state index >= 15 is 0 Å². The summed E-state index contributed by atoms with van der Waals surface area (Å²) in [6.07, 6.45) is 14.0. The summed E-state index contributed by atoms with van der Waals surface area (Å²) in [4.78, 5) is 0. The van der Waals surface area contributed by atoms with E-state index in [-0.39, 0.29) is 0 Å². The number of benzene rings is 2. The average molecular weight is 319 g/mol. The summed E-state index contributed by atoms with van der Waals surface area (Å²) in [7, 11) is 0. The molecule has 2 aliphatic carbocycles. The normalized spacial score (nSPS) is 20.2. The molecule has 24 heavy (non-hydrogen) atoms. The molecular weight excluding hydrogens is 288 g/mol. The lowest BCUT2D eigenvalue weighted by Crippen LogP contribution is -2.05. The van der Waals surface area contributed by atoms with Crippen LogP contribution in [0.15, 0.2) is 48.5 Å². The zero-order valence-electron chi connectivity index (χ0n) is 14.8. The number of rotatable bonds is 3. The third-order valence-electron chi connectivity index (χ3n) is 6.26. The van der Waals surface area contributed by atoms with E-state index in [1.165, 1.54) is 75.3 Å². The van der Waals surface area contributed by atoms with Crippen LogP contribution in [0, 0.1) is 0 Å². The Bertz CT molecular complexity index is 598. The van der Waals surface area contributed by atoms with Crippen molar-refractivity contribution in [3.8, 4) is 11.1 Å². The van der Waals surface area contributed by atoms with Crippen LogP contribution in [0.3, 0.4) is 0 Å². The van der Waals surface area contributed by atoms with Crippen LogP contribution in [-0.4, -0.2) is 0 Å². The van der Waals surface area contributed by atoms with E-state index in [9.17, 15) is 0 Å². The lowest BCUT2D eigenvalue weighted by atomic mass is 9.82. The Morgan fingerprint density at radius 3 is 1.33 bits per heavy atom. The Labute approximate surface area is 147 Å². The molecule has 0 aliphatic heterocycles. The molecule has 0 heteroatoms. The van der Waals surface area contributed by atoms with Gasteiger partial charge in [0.1, 0.15) is 0 Å². The Hall–Kier alpha value is -1.56. The van der Waals surface area contributed by atoms with Crippen molar-refractivity contribution in [3.63, 3.8) is 0 Å². The van der Waals surface area contributed by atoms with Gasteiger partial charge < -0.3 is 0 Å². The Morgan fingerprint density at radius 1 is 0.500 bits per heavy atom. The molecule has 0 unspecified atom stereocenters. The number of hydrogen-bond donors (Lipinski definition) is 0. The molecule has 2 aromatic carbocycles. The van der Waals surface area contributed by atoms with Crippen molar-refractivity contribution in [2.45, 2.75) is 76.0 Å². The van der Waals surface area contributed by atoms with E-state index in [1.54, 1.807) is 11.1 Å². The second kappa shape index (κ2) is 7.55. The van der Waals surface area contributed by atoms with Crippen LogP contribution in [-0.2, 0) is 0 Å². The molecule has 0 aromatic heterocycles. The van der Waals surface area contributed by atoms with Gasteiger partial charge >= 0.3 is 0 Å². The summed E-state index contributed by atoms with van der Waals surface area (Å²) in [5.41, 5.74) is 5.96. The molecule has 2 fully saturated rings. The van der Waals surface area contributed by atoms with Crippen LogP contribution >= 0.6 is 0 Å². The van der Waals surface area contributed by atoms with Gasteiger partial charge in [-0.25, -0.2) is 0 Å². The number of hydrogen-bond acceptors (Lipinski definition) is 0. The first-order chi connectivity index (χ1) is 11.9. The van der Waals surface area contributed by atoms with Crippen LogP contribution in [0.5, 0.6) is 0 Å². The molecule has 0 N–H and O–H groups in total. The molecule has 0 spiro atoms. The van der Waals surface area contributed by atoms with E-state index in [2.05, 4.69) is 48.5 Å². The van der Waals surface area contributed by atoms with Crippen molar-refractivity contribution in [3.05, 3.63) is 59.7 Å². The maximum atomic E-state index is 2.47. The molecule has 2 saturated carbocycles. The smallest absolute Gasteiger partial charge is 0.0162 e. The highest BCUT2D eigenvalue weighted by Crippen LogP contribution is 2.36. The molecule has 0 saturated heterocycles. The summed E-state index contributed by atoms with van der Waals surface area (Å²) in [5, 5.41) is 0. The van der Waals surface area contributed by atoms with Crippen LogP contribution in [0.25, 0.3) is 11.1 Å². The summed E-state index contributed by atoms with van der Waals surface area (Å²) in [6.45, 7) is 0. The monoisotopic (exact) mass is 318 g/mol. The van der Waals surface area contributed by atoms with Crippen molar-refractivity contribution >= 4 is 0 Å². The lowest BCUT2D eigenvalue weighted by molar-refractivity contribution is 0.443. The fourth-order valence-corrected chi connectivity index (χ4v) is 4.82. The second-order valence-corrected chi connectivity index (χ2v) is 7.92. The maximum absolute atomic E-state index is 2.47. The van der Waals surface area contributed by atoms with Crippen LogP contribution in [0.2, 0.25) is 0 Å². The SMILES string of the molecule is c1cc(-c2cccc(C3CCCCC3)c2)cc(C2CCCCC2)c1. The molecule has 2 aromatic rings. The third-order valence-corrected chi connectivity index (χ3v) is 6.26. The minimum absolute atomic E-state index is 0.792. The van der Waals surface area contributed by atoms with Gasteiger partial charge in [0.25, 0.3) is 0 Å². The van der Waals surface area contributed by atoms with Gasteiger partial charge in [0.2, 0.25) is 0 Å². The van der Waals surface area contributed by atoms with Gasteiger partial charge in [-0.1, -0.05) is 87.1 Å². The van der Waals surface area contributed by atoms with E-state index in [0.29, 0.717) is 0 Å². The minimum atomic E-state index is 0.792. The fourth-order valence-electron chi connectivity index (χ4n) is 4.82. The van der Waals surface area contributed by atoms with Crippen molar-refractivity contribution in [1.29, 1.82) is 0 Å². The Balaban J connectivity index is 1.59. The van der Waals surface area contributed by atoms with Crippen molar-refractivity contribution < 1.29 is 0 Å². The van der Waals surface area contributed by atoms with Crippen molar-refractivity contribution in [2.75, 3.05) is 0 Å². The fraction of sp³-hybridized carbons (Fsp3) is 0.500. The first-order valence-corrected chi connectivity index (χ1v) is 10.1. The standard InChI is InChI=1S/C24H30/c1-3-9-19(10-4-1)21-13-7-15-23(17-21)24-16-8-14-22(18-24)20-11-5-2-6-12-20/h7-8,13-20H,1-6,9-12H2. The third kappa shape index (κ3) is 3.58. The molecule has 4 rings (SSSR count). The molecule has 2 aliphatic rings. The highest BCUT2D eigenvalue weighted by Gasteiger charge is 2.17. The second-order valence-electron chi connectivity index (χ2n) is 7.92. The van der Waals surface area contributed by atoms with Gasteiger partial charge in [-0.15, -0.1) is 0 Å². The molecule has 0 atom stereocenters. The molecule has 0 nitrogen and oxygen atoms in total. The van der Waals surface area contributed by atoms with Gasteiger partial charge in [-0.2, -0.15) is 0 Å². The summed E-state index contributed by atoms with van der Waals surface area (Å²) < 4.78 is 0. The quantitative estimate of drug-likeness (QED) is 0.551. The molecule has 0 amide bonds. The van der Waals surface area contributed by atoms with Crippen LogP contribution in [0.4, 0.5) is 0 Å². The zero-order chi connectivity index (χ0) is 16.2. The summed E-state index contributed by atoms with van der Waals surface area (Å²) in [6, 6.07) is 18.8. The minimum Gasteiger partial charge on any atom is -0.0614 e. The first-order valence-electron chi connectivity index (χ1n) is 10.1. The Kier molecular flexibility index (Phi) is 5.02. The molecular formula is C24H30. The van der Waals surface area contributed by atoms with Crippen LogP contribution < -0.4 is 0 Å². The predicted molar refractivity (Wildman–Crippen MR) is 104 cm³/mol. The average Bonchev–Trinajstić information content (AvgIpc) is 2.70. The molecule has 0 bridgehead atoms. The van der Waals surface area contributed by atoms with Gasteiger partial charge in [-0.05, 0) is 59.8 Å². The van der Waals surface area contributed by atoms with E-state index in [0.717, 1.165) is 11.8 Å². The zero-order valence-corrected chi connectivity index (χ0v) is 14.8. The molecule has 0 heterocycles. The predicted octanol–water partition coefficient (Wildman–Crippen LogP) is 7.45. The van der Waals surface area contributed by atoms with Crippen molar-refractivity contribution in [1.82, 2.24) is 0 Å². The molecule has 0 radical (unpaired) electrons. The van der Waals surface area contributed by atoms with Gasteiger partial charge in [0, 0.05) is 0 Å². The molecule has 126 valence electrons. The Morgan fingerprint density at radius 2 is 0.917 bits per heavy atom. The summed E-state index contributed by atoms with van der Waals surface area (Å²) >= 11 is 0. The van der Waals surface area contributed by atoms with Gasteiger partial charge in [0.15, 0.2) is 0 Å². The van der Waals surface area contributed by atoms with E-state index in [1.807, 2.05) is 0 Å². The first kappa shape index (κ1) is 15.9. The van der Waals surface area contributed by atoms with Crippen molar-refractivity contribution in [2.24, 2.45) is 0 Å². The maximum Gasteiger partial charge on any atom is -0.0162 e. The highest BCUT2D eigenvalue weighted by atomic mass is 14.2. The topological polar surface area (TPSA) is 0 Å². The van der Waals surface area contributed by atoms with E-state index < -0.39 is 0 Å². The largest absolute Gasteiger partial charge is 0.0614 e. The summed E-state index contributed by atoms with van der Waals surface area (Å²) in [5.74, 6) is 1.58. The highest BCUT2D eigenvalue weighted by molar-refractivity contribution is 5.65. The van der Waals surface area contributed by atoms with E-state index in [4.69, 9.17) is 0 Å².